The number of nitrogens with zero attached hydrogens (tertiary/aromatic N) is 2. The van der Waals surface area contributed by atoms with Gasteiger partial charge in [-0.3, -0.25) is 0 Å². The fourth-order valence-corrected chi connectivity index (χ4v) is 9.57. The lowest BCUT2D eigenvalue weighted by Gasteiger charge is -2.45. The quantitative estimate of drug-likeness (QED) is 0.166. The lowest BCUT2D eigenvalue weighted by molar-refractivity contribution is 0.172. The van der Waals surface area contributed by atoms with Crippen LogP contribution in [-0.2, 0) is 5.41 Å². The van der Waals surface area contributed by atoms with Crippen LogP contribution in [0.2, 0.25) is 0 Å². The molecule has 3 aliphatic rings. The van der Waals surface area contributed by atoms with E-state index >= 15 is 0 Å². The van der Waals surface area contributed by atoms with E-state index < -0.39 is 0 Å². The molecule has 0 saturated heterocycles. The molecule has 0 saturated carbocycles. The van der Waals surface area contributed by atoms with E-state index in [0.29, 0.717) is 13.2 Å². The molecule has 0 atom stereocenters. The minimum Gasteiger partial charge on any atom is -0.486 e. The molecule has 0 spiro atoms. The maximum absolute atomic E-state index is 6.52. The highest BCUT2D eigenvalue weighted by Crippen LogP contribution is 2.50. The number of para-hydroxylation sites is 3. The third-order valence-electron chi connectivity index (χ3n) is 12.4. The first-order chi connectivity index (χ1) is 29.3. The monoisotopic (exact) mass is 780 g/mol. The number of fused-ring (bicyclic) bond motifs is 7. The third-order valence-corrected chi connectivity index (χ3v) is 12.4. The van der Waals surface area contributed by atoms with E-state index in [4.69, 9.17) is 18.3 Å². The molecule has 2 aromatic heterocycles. The summed E-state index contributed by atoms with van der Waals surface area (Å²) in [5.74, 6) is 3.21. The van der Waals surface area contributed by atoms with Gasteiger partial charge in [0.1, 0.15) is 35.9 Å². The number of rotatable bonds is 4. The molecule has 7 aromatic carbocycles. The molecule has 0 N–H and O–H groups in total. The summed E-state index contributed by atoms with van der Waals surface area (Å²) in [4.78, 5) is 4.86. The maximum Gasteiger partial charge on any atom is 0.252 e. The molecule has 0 aliphatic carbocycles. The van der Waals surface area contributed by atoms with Crippen LogP contribution in [0.15, 0.2) is 160 Å². The van der Waals surface area contributed by atoms with Gasteiger partial charge in [0, 0.05) is 50.3 Å². The minimum absolute atomic E-state index is 0.0598. The highest BCUT2D eigenvalue weighted by atomic mass is 16.6. The van der Waals surface area contributed by atoms with Gasteiger partial charge in [0.25, 0.3) is 6.71 Å². The largest absolute Gasteiger partial charge is 0.486 e. The first kappa shape index (κ1) is 34.9. The van der Waals surface area contributed by atoms with Crippen LogP contribution in [0.3, 0.4) is 0 Å². The van der Waals surface area contributed by atoms with Crippen LogP contribution in [0.25, 0.3) is 44.6 Å². The highest BCUT2D eigenvalue weighted by Gasteiger charge is 2.45. The fraction of sp³-hybridized carbons (Fsp3) is 0.132. The van der Waals surface area contributed by atoms with Crippen molar-refractivity contribution in [3.8, 4) is 34.1 Å². The van der Waals surface area contributed by atoms with E-state index in [2.05, 4.69) is 159 Å². The predicted octanol–water partition coefficient (Wildman–Crippen LogP) is 12.0. The number of hydrogen-bond donors (Lipinski definition) is 0. The number of aryl methyl sites for hydroxylation is 1. The van der Waals surface area contributed by atoms with Crippen molar-refractivity contribution in [2.24, 2.45) is 0 Å². The molecule has 9 aromatic rings. The van der Waals surface area contributed by atoms with E-state index in [0.717, 1.165) is 95.8 Å². The van der Waals surface area contributed by atoms with Gasteiger partial charge in [0.15, 0.2) is 11.5 Å². The summed E-state index contributed by atoms with van der Waals surface area (Å²) in [5.41, 5.74) is 16.4. The first-order valence-electron chi connectivity index (χ1n) is 20.8. The summed E-state index contributed by atoms with van der Waals surface area (Å²) >= 11 is 0. The highest BCUT2D eigenvalue weighted by molar-refractivity contribution is 7.00. The average molecular weight is 781 g/mol. The molecule has 0 bridgehead atoms. The lowest BCUT2D eigenvalue weighted by atomic mass is 9.33. The van der Waals surface area contributed by atoms with Gasteiger partial charge in [-0.2, -0.15) is 0 Å². The molecule has 3 aliphatic heterocycles. The third kappa shape index (κ3) is 5.35. The second-order valence-electron chi connectivity index (χ2n) is 17.3. The van der Waals surface area contributed by atoms with Gasteiger partial charge in [-0.05, 0) is 113 Å². The van der Waals surface area contributed by atoms with E-state index in [-0.39, 0.29) is 12.1 Å². The molecule has 0 amide bonds. The molecule has 7 heteroatoms. The Labute approximate surface area is 349 Å². The van der Waals surface area contributed by atoms with Crippen LogP contribution >= 0.6 is 0 Å². The summed E-state index contributed by atoms with van der Waals surface area (Å²) in [6, 6.07) is 54.3. The Morgan fingerprint density at radius 3 is 1.93 bits per heavy atom. The molecule has 0 unspecified atom stereocenters. The van der Waals surface area contributed by atoms with Crippen molar-refractivity contribution in [3.05, 3.63) is 163 Å². The zero-order valence-electron chi connectivity index (χ0n) is 34.0. The Morgan fingerprint density at radius 1 is 0.517 bits per heavy atom. The molecule has 290 valence electrons. The molecule has 5 heterocycles. The van der Waals surface area contributed by atoms with Crippen molar-refractivity contribution in [3.63, 3.8) is 0 Å². The van der Waals surface area contributed by atoms with Gasteiger partial charge in [-0.1, -0.05) is 99.6 Å². The molecular formula is C53H41BN2O4. The van der Waals surface area contributed by atoms with Gasteiger partial charge >= 0.3 is 0 Å². The molecular weight excluding hydrogens is 739 g/mol. The smallest absolute Gasteiger partial charge is 0.252 e. The second-order valence-corrected chi connectivity index (χ2v) is 17.3. The van der Waals surface area contributed by atoms with Gasteiger partial charge in [-0.25, -0.2) is 0 Å². The lowest BCUT2D eigenvalue weighted by Crippen LogP contribution is -2.61. The number of anilines is 6. The maximum atomic E-state index is 6.52. The second kappa shape index (κ2) is 12.9. The summed E-state index contributed by atoms with van der Waals surface area (Å²) < 4.78 is 25.6. The Bertz CT molecular complexity index is 3140. The van der Waals surface area contributed by atoms with Crippen molar-refractivity contribution in [1.82, 2.24) is 0 Å². The van der Waals surface area contributed by atoms with Gasteiger partial charge < -0.3 is 28.1 Å². The Balaban J connectivity index is 1.14. The number of hydrogen-bond acceptors (Lipinski definition) is 6. The summed E-state index contributed by atoms with van der Waals surface area (Å²) in [7, 11) is 0. The topological polar surface area (TPSA) is 51.2 Å². The molecule has 0 radical (unpaired) electrons. The van der Waals surface area contributed by atoms with Crippen LogP contribution < -0.4 is 35.7 Å². The Hall–Kier alpha value is -7.12. The van der Waals surface area contributed by atoms with Gasteiger partial charge in [0.05, 0.1) is 5.69 Å². The van der Waals surface area contributed by atoms with Gasteiger partial charge in [0.2, 0.25) is 0 Å². The first-order valence-corrected chi connectivity index (χ1v) is 20.8. The van der Waals surface area contributed by atoms with Crippen LogP contribution in [0.1, 0.15) is 31.9 Å². The summed E-state index contributed by atoms with van der Waals surface area (Å²) in [5, 5.41) is 2.16. The van der Waals surface area contributed by atoms with Crippen LogP contribution in [0.5, 0.6) is 11.5 Å². The van der Waals surface area contributed by atoms with Crippen molar-refractivity contribution in [2.75, 3.05) is 23.0 Å². The standard InChI is InChI=1S/C53H41BN2O4/c1-32-25-44-51-45(26-32)56(42-15-10-18-48-52(42)58-24-23-57-48)41-22-20-37(53(2,3)4)31-40(41)54(51)39-21-19-36(50-30-35-12-6-8-17-47(35)60-50)28-43(39)55(44)38-14-9-13-33(27-38)49-29-34-11-5-7-16-46(34)59-49/h5-22,25-31H,23-24H2,1-4H3. The van der Waals surface area contributed by atoms with E-state index in [1.807, 2.05) is 30.3 Å². The molecule has 12 rings (SSSR count). The minimum atomic E-state index is -0.0646. The van der Waals surface area contributed by atoms with Gasteiger partial charge in [-0.15, -0.1) is 0 Å². The van der Waals surface area contributed by atoms with Crippen LogP contribution in [-0.4, -0.2) is 19.9 Å². The number of furan rings is 2. The zero-order chi connectivity index (χ0) is 40.3. The van der Waals surface area contributed by atoms with Crippen LogP contribution in [0, 0.1) is 6.92 Å². The Kier molecular flexibility index (Phi) is 7.52. The van der Waals surface area contributed by atoms with Crippen molar-refractivity contribution in [1.29, 1.82) is 0 Å². The van der Waals surface area contributed by atoms with Crippen LogP contribution in [0.4, 0.5) is 34.1 Å². The predicted molar refractivity (Wildman–Crippen MR) is 245 cm³/mol. The van der Waals surface area contributed by atoms with E-state index in [9.17, 15) is 0 Å². The molecule has 60 heavy (non-hydrogen) atoms. The van der Waals surface area contributed by atoms with Crippen molar-refractivity contribution < 1.29 is 18.3 Å². The Morgan fingerprint density at radius 2 is 1.20 bits per heavy atom. The summed E-state index contributed by atoms with van der Waals surface area (Å²) in [6.07, 6.45) is 0. The molecule has 0 fully saturated rings. The average Bonchev–Trinajstić information content (AvgIpc) is 3.91. The number of ether oxygens (including phenoxy) is 2. The fourth-order valence-electron chi connectivity index (χ4n) is 9.57. The zero-order valence-corrected chi connectivity index (χ0v) is 34.0. The summed E-state index contributed by atoms with van der Waals surface area (Å²) in [6.45, 7) is 10.0. The normalized spacial score (nSPS) is 14.0. The molecule has 6 nitrogen and oxygen atoms in total. The van der Waals surface area contributed by atoms with E-state index in [1.54, 1.807) is 0 Å². The van der Waals surface area contributed by atoms with Crippen molar-refractivity contribution in [2.45, 2.75) is 33.1 Å². The van der Waals surface area contributed by atoms with Crippen molar-refractivity contribution >= 4 is 79.2 Å². The van der Waals surface area contributed by atoms with E-state index in [1.165, 1.54) is 22.0 Å². The SMILES string of the molecule is Cc1cc2c3c(c1)N(c1cccc4c1OCCO4)c1ccc(C(C)(C)C)cc1B3c1ccc(-c3cc4ccccc4o3)cc1N2c1cccc(-c2cc3ccccc3o2)c1. The number of benzene rings is 7.